The highest BCUT2D eigenvalue weighted by Crippen LogP contribution is 2.42. The minimum atomic E-state index is -0.840. The monoisotopic (exact) mass is 359 g/mol. The van der Waals surface area contributed by atoms with Gasteiger partial charge in [0.1, 0.15) is 11.6 Å². The maximum absolute atomic E-state index is 13.2. The van der Waals surface area contributed by atoms with Crippen molar-refractivity contribution in [3.05, 3.63) is 65.7 Å². The summed E-state index contributed by atoms with van der Waals surface area (Å²) in [7, 11) is 0. The van der Waals surface area contributed by atoms with Crippen LogP contribution < -0.4 is 5.32 Å². The van der Waals surface area contributed by atoms with Crippen molar-refractivity contribution in [1.82, 2.24) is 0 Å². The fraction of sp³-hybridized carbons (Fsp3) is 0.300. The Hall–Kier alpha value is -2.76. The van der Waals surface area contributed by atoms with E-state index < -0.39 is 29.7 Å². The molecule has 1 amide bonds. The second kappa shape index (κ2) is 7.64. The van der Waals surface area contributed by atoms with Crippen molar-refractivity contribution < 1.29 is 23.1 Å². The molecular formula is C20H19F2NO3. The first-order valence-electron chi connectivity index (χ1n) is 8.48. The fourth-order valence-electron chi connectivity index (χ4n) is 3.39. The minimum absolute atomic E-state index is 0.292. The molecule has 0 atom stereocenters. The molecule has 1 fully saturated rings. The third-order valence-corrected chi connectivity index (χ3v) is 4.69. The van der Waals surface area contributed by atoms with Gasteiger partial charge in [-0.1, -0.05) is 31.0 Å². The zero-order valence-electron chi connectivity index (χ0n) is 14.1. The molecule has 0 unspecified atom stereocenters. The SMILES string of the molecule is O=C(COC(=O)C1(c2ccc(F)cc2)CCCC1)Nc1cccc(F)c1. The fourth-order valence-corrected chi connectivity index (χ4v) is 3.39. The first-order valence-corrected chi connectivity index (χ1v) is 8.48. The van der Waals surface area contributed by atoms with Crippen LogP contribution in [0.25, 0.3) is 0 Å². The molecule has 0 aliphatic heterocycles. The molecule has 0 saturated heterocycles. The number of nitrogens with one attached hydrogen (secondary N) is 1. The molecule has 0 spiro atoms. The van der Waals surface area contributed by atoms with E-state index in [1.54, 1.807) is 18.2 Å². The van der Waals surface area contributed by atoms with E-state index in [-0.39, 0.29) is 5.82 Å². The molecule has 26 heavy (non-hydrogen) atoms. The molecule has 2 aromatic carbocycles. The molecule has 1 N–H and O–H groups in total. The van der Waals surface area contributed by atoms with E-state index in [9.17, 15) is 18.4 Å². The van der Waals surface area contributed by atoms with Gasteiger partial charge in [-0.2, -0.15) is 0 Å². The van der Waals surface area contributed by atoms with Gasteiger partial charge in [-0.05, 0) is 48.7 Å². The predicted octanol–water partition coefficient (Wildman–Crippen LogP) is 3.96. The van der Waals surface area contributed by atoms with E-state index in [1.807, 2.05) is 0 Å². The topological polar surface area (TPSA) is 55.4 Å². The molecular weight excluding hydrogens is 340 g/mol. The Kier molecular flexibility index (Phi) is 5.30. The van der Waals surface area contributed by atoms with Crippen LogP contribution in [-0.2, 0) is 19.7 Å². The van der Waals surface area contributed by atoms with E-state index in [0.717, 1.165) is 12.8 Å². The summed E-state index contributed by atoms with van der Waals surface area (Å²) in [6.07, 6.45) is 2.93. The van der Waals surface area contributed by atoms with E-state index in [4.69, 9.17) is 4.74 Å². The third-order valence-electron chi connectivity index (χ3n) is 4.69. The summed E-state index contributed by atoms with van der Waals surface area (Å²) >= 11 is 0. The van der Waals surface area contributed by atoms with Crippen molar-refractivity contribution in [2.45, 2.75) is 31.1 Å². The molecule has 2 aromatic rings. The van der Waals surface area contributed by atoms with Crippen LogP contribution in [0.1, 0.15) is 31.2 Å². The minimum Gasteiger partial charge on any atom is -0.455 e. The van der Waals surface area contributed by atoms with Crippen molar-refractivity contribution in [2.75, 3.05) is 11.9 Å². The Labute approximate surface area is 150 Å². The van der Waals surface area contributed by atoms with E-state index in [2.05, 4.69) is 5.32 Å². The Morgan fingerprint density at radius 2 is 1.69 bits per heavy atom. The van der Waals surface area contributed by atoms with Crippen LogP contribution in [0, 0.1) is 11.6 Å². The normalized spacial score (nSPS) is 15.5. The number of anilines is 1. The lowest BCUT2D eigenvalue weighted by atomic mass is 9.79. The Bertz CT molecular complexity index is 799. The van der Waals surface area contributed by atoms with Gasteiger partial charge in [0.25, 0.3) is 5.91 Å². The van der Waals surface area contributed by atoms with Gasteiger partial charge in [-0.25, -0.2) is 8.78 Å². The molecule has 1 aliphatic carbocycles. The summed E-state index contributed by atoms with van der Waals surface area (Å²) in [5.74, 6) is -1.88. The molecule has 3 rings (SSSR count). The summed E-state index contributed by atoms with van der Waals surface area (Å²) in [6, 6.07) is 11.3. The van der Waals surface area contributed by atoms with Crippen molar-refractivity contribution >= 4 is 17.6 Å². The maximum atomic E-state index is 13.2. The van der Waals surface area contributed by atoms with Gasteiger partial charge < -0.3 is 10.1 Å². The van der Waals surface area contributed by atoms with Crippen LogP contribution >= 0.6 is 0 Å². The lowest BCUT2D eigenvalue weighted by Gasteiger charge is -2.27. The Morgan fingerprint density at radius 1 is 1.00 bits per heavy atom. The number of carbonyl (C=O) groups is 2. The number of carbonyl (C=O) groups excluding carboxylic acids is 2. The van der Waals surface area contributed by atoms with Gasteiger partial charge in [0.2, 0.25) is 0 Å². The lowest BCUT2D eigenvalue weighted by molar-refractivity contribution is -0.153. The number of amides is 1. The smallest absolute Gasteiger partial charge is 0.317 e. The number of esters is 1. The largest absolute Gasteiger partial charge is 0.455 e. The summed E-state index contributed by atoms with van der Waals surface area (Å²) in [4.78, 5) is 24.7. The van der Waals surface area contributed by atoms with E-state index in [1.165, 1.54) is 30.3 Å². The molecule has 4 nitrogen and oxygen atoms in total. The first kappa shape index (κ1) is 18.0. The molecule has 1 aliphatic rings. The van der Waals surface area contributed by atoms with Gasteiger partial charge in [-0.15, -0.1) is 0 Å². The van der Waals surface area contributed by atoms with Crippen LogP contribution in [0.5, 0.6) is 0 Å². The van der Waals surface area contributed by atoms with Crippen LogP contribution in [0.15, 0.2) is 48.5 Å². The third kappa shape index (κ3) is 3.90. The van der Waals surface area contributed by atoms with Crippen molar-refractivity contribution in [3.8, 4) is 0 Å². The van der Waals surface area contributed by atoms with Crippen molar-refractivity contribution in [2.24, 2.45) is 0 Å². The number of halogens is 2. The Balaban J connectivity index is 1.65. The summed E-state index contributed by atoms with van der Waals surface area (Å²) in [5, 5.41) is 2.48. The molecule has 6 heteroatoms. The second-order valence-electron chi connectivity index (χ2n) is 6.43. The van der Waals surface area contributed by atoms with Crippen LogP contribution in [0.2, 0.25) is 0 Å². The summed E-state index contributed by atoms with van der Waals surface area (Å²) < 4.78 is 31.6. The standard InChI is InChI=1S/C20H19F2NO3/c21-15-8-6-14(7-9-15)20(10-1-2-11-20)19(25)26-13-18(24)23-17-5-3-4-16(22)12-17/h3-9,12H,1-2,10-11,13H2,(H,23,24). The Morgan fingerprint density at radius 3 is 2.35 bits per heavy atom. The number of hydrogen-bond acceptors (Lipinski definition) is 3. The average molecular weight is 359 g/mol. The number of rotatable bonds is 5. The van der Waals surface area contributed by atoms with Crippen LogP contribution in [-0.4, -0.2) is 18.5 Å². The highest BCUT2D eigenvalue weighted by atomic mass is 19.1. The molecule has 1 saturated carbocycles. The van der Waals surface area contributed by atoms with Gasteiger partial charge in [0, 0.05) is 5.69 Å². The molecule has 0 aromatic heterocycles. The lowest BCUT2D eigenvalue weighted by Crippen LogP contribution is -2.36. The van der Waals surface area contributed by atoms with Gasteiger partial charge in [-0.3, -0.25) is 9.59 Å². The van der Waals surface area contributed by atoms with Gasteiger partial charge in [0.05, 0.1) is 5.41 Å². The number of hydrogen-bond donors (Lipinski definition) is 1. The quantitative estimate of drug-likeness (QED) is 0.822. The second-order valence-corrected chi connectivity index (χ2v) is 6.43. The average Bonchev–Trinajstić information content (AvgIpc) is 3.11. The maximum Gasteiger partial charge on any atom is 0.317 e. The number of ether oxygens (including phenoxy) is 1. The molecule has 0 radical (unpaired) electrons. The molecule has 0 bridgehead atoms. The van der Waals surface area contributed by atoms with Crippen molar-refractivity contribution in [3.63, 3.8) is 0 Å². The van der Waals surface area contributed by atoms with Gasteiger partial charge >= 0.3 is 5.97 Å². The van der Waals surface area contributed by atoms with Gasteiger partial charge in [0.15, 0.2) is 6.61 Å². The predicted molar refractivity (Wildman–Crippen MR) is 92.5 cm³/mol. The number of benzene rings is 2. The van der Waals surface area contributed by atoms with Crippen LogP contribution in [0.4, 0.5) is 14.5 Å². The van der Waals surface area contributed by atoms with E-state index in [0.29, 0.717) is 24.1 Å². The summed E-state index contributed by atoms with van der Waals surface area (Å²) in [5.41, 5.74) is 0.152. The highest BCUT2D eigenvalue weighted by molar-refractivity contribution is 5.93. The zero-order chi connectivity index (χ0) is 18.6. The molecule has 0 heterocycles. The first-order chi connectivity index (χ1) is 12.5. The zero-order valence-corrected chi connectivity index (χ0v) is 14.1. The van der Waals surface area contributed by atoms with Crippen LogP contribution in [0.3, 0.4) is 0 Å². The molecule has 136 valence electrons. The van der Waals surface area contributed by atoms with Crippen molar-refractivity contribution in [1.29, 1.82) is 0 Å². The highest BCUT2D eigenvalue weighted by Gasteiger charge is 2.44. The van der Waals surface area contributed by atoms with E-state index >= 15 is 0 Å². The summed E-state index contributed by atoms with van der Waals surface area (Å²) in [6.45, 7) is -0.460.